The summed E-state index contributed by atoms with van der Waals surface area (Å²) in [5.74, 6) is 2.92. The van der Waals surface area contributed by atoms with Crippen LogP contribution in [0.3, 0.4) is 0 Å². The lowest BCUT2D eigenvalue weighted by Crippen LogP contribution is -2.45. The maximum absolute atomic E-state index is 11.9. The summed E-state index contributed by atoms with van der Waals surface area (Å²) < 4.78 is 18.4. The third-order valence-corrected chi connectivity index (χ3v) is 11.9. The minimum absolute atomic E-state index is 0.212. The second-order valence-corrected chi connectivity index (χ2v) is 15.9. The van der Waals surface area contributed by atoms with Gasteiger partial charge in [-0.3, -0.25) is 14.8 Å². The van der Waals surface area contributed by atoms with E-state index in [-0.39, 0.29) is 19.3 Å². The number of halogens is 2. The second-order valence-electron chi connectivity index (χ2n) is 14.3. The highest BCUT2D eigenvalue weighted by Gasteiger charge is 2.26. The molecule has 3 fully saturated rings. The average Bonchev–Trinajstić information content (AvgIpc) is 3.23. The lowest BCUT2D eigenvalue weighted by molar-refractivity contribution is -0.120. The quantitative estimate of drug-likeness (QED) is 0.108. The Bertz CT molecular complexity index is 2050. The van der Waals surface area contributed by atoms with Gasteiger partial charge in [0.15, 0.2) is 23.0 Å². The Hall–Kier alpha value is -3.13. The molecule has 0 amide bonds. The number of benzene rings is 2. The van der Waals surface area contributed by atoms with Crippen LogP contribution in [0, 0.1) is 3.57 Å². The zero-order valence-corrected chi connectivity index (χ0v) is 35.7. The summed E-state index contributed by atoms with van der Waals surface area (Å²) >= 11 is 4.01. The zero-order valence-electron chi connectivity index (χ0n) is 31.4. The van der Waals surface area contributed by atoms with Crippen molar-refractivity contribution >= 4 is 92.6 Å². The molecule has 294 valence electrons. The standard InChI is InChI=1S/C20H24N2O2.C15H18BIN2O2.C5H5BINO3/c23-15-3-1-2-14(12-15)17-4-5-20(19-13-22-11-8-18(17)19)24-16-6-9-21-10-7-16;1-16(20)19-8-5-11(6-9-19)21-15-3-2-14(17)12-4-7-18-10-13(12)15;7-11-5-3-4(6(9)10)1-2-8-5/h4-5,8,11,13-14,16,21H,1-3,6-7,9-10,12H2;2-4,7,10-11,20H,5-6,8-9H2,1H3;1-3,9-10H. The number of nitrogens with zero attached hydrogens (tertiary/aromatic N) is 4. The summed E-state index contributed by atoms with van der Waals surface area (Å²) in [6.07, 6.45) is 16.8. The van der Waals surface area contributed by atoms with E-state index in [0.29, 0.717) is 29.5 Å². The van der Waals surface area contributed by atoms with E-state index in [1.807, 2.05) is 43.7 Å². The number of Topliss-reactive ketones (excluding diaryl/α,β-unsaturated/α-hetero) is 1. The number of rotatable bonds is 8. The third-order valence-electron chi connectivity index (χ3n) is 10.5. The van der Waals surface area contributed by atoms with Crippen LogP contribution in [0.5, 0.6) is 17.4 Å². The maximum Gasteiger partial charge on any atom is 0.488 e. The highest BCUT2D eigenvalue weighted by atomic mass is 127. The molecule has 16 heteroatoms. The molecular formula is C40H47B2I2N5O7. The van der Waals surface area contributed by atoms with Gasteiger partial charge in [-0.2, -0.15) is 0 Å². The molecule has 3 aromatic heterocycles. The van der Waals surface area contributed by atoms with Crippen LogP contribution in [0.1, 0.15) is 62.8 Å². The first-order chi connectivity index (χ1) is 27.2. The Morgan fingerprint density at radius 3 is 2.09 bits per heavy atom. The van der Waals surface area contributed by atoms with Gasteiger partial charge in [0.2, 0.25) is 5.88 Å². The first-order valence-electron chi connectivity index (χ1n) is 19.2. The molecule has 0 radical (unpaired) electrons. The fourth-order valence-electron chi connectivity index (χ4n) is 7.43. The molecule has 2 aromatic carbocycles. The molecular weight excluding hydrogens is 938 g/mol. The van der Waals surface area contributed by atoms with E-state index in [2.05, 4.69) is 71.9 Å². The number of fused-ring (bicyclic) bond motifs is 2. The van der Waals surface area contributed by atoms with Crippen molar-refractivity contribution in [1.82, 2.24) is 25.1 Å². The van der Waals surface area contributed by atoms with Crippen molar-refractivity contribution in [2.45, 2.75) is 76.3 Å². The minimum Gasteiger partial charge on any atom is -0.490 e. The molecule has 0 spiro atoms. The molecule has 3 aliphatic rings. The fourth-order valence-corrected chi connectivity index (χ4v) is 8.32. The highest BCUT2D eigenvalue weighted by Crippen LogP contribution is 2.38. The number of carbonyl (C=O) groups is 1. The smallest absolute Gasteiger partial charge is 0.488 e. The summed E-state index contributed by atoms with van der Waals surface area (Å²) in [4.78, 5) is 26.3. The predicted octanol–water partition coefficient (Wildman–Crippen LogP) is 5.88. The summed E-state index contributed by atoms with van der Waals surface area (Å²) in [6, 6.07) is 15.4. The number of ether oxygens (including phenoxy) is 2. The molecule has 5 aromatic rings. The van der Waals surface area contributed by atoms with E-state index in [0.717, 1.165) is 93.4 Å². The summed E-state index contributed by atoms with van der Waals surface area (Å²) in [5, 5.41) is 34.9. The fraction of sp³-hybridized carbons (Fsp3) is 0.400. The molecule has 0 bridgehead atoms. The minimum atomic E-state index is -1.47. The SMILES string of the molecule is CB(O)N1CCC(Oc2ccc(I)c3ccncc23)CC1.O=C1CCCC(c2ccc(OC3CCNCC3)c3cnccc23)C1.OB(O)c1ccnc(OI)c1. The van der Waals surface area contributed by atoms with Crippen molar-refractivity contribution in [3.8, 4) is 17.4 Å². The van der Waals surface area contributed by atoms with Gasteiger partial charge in [0.1, 0.15) is 29.5 Å². The Labute approximate surface area is 356 Å². The molecule has 1 aliphatic carbocycles. The van der Waals surface area contributed by atoms with Crippen LogP contribution >= 0.6 is 45.6 Å². The molecule has 1 unspecified atom stereocenters. The van der Waals surface area contributed by atoms with Crippen LogP contribution < -0.4 is 23.3 Å². The molecule has 12 nitrogen and oxygen atoms in total. The molecule has 1 atom stereocenters. The van der Waals surface area contributed by atoms with Crippen LogP contribution in [-0.4, -0.2) is 93.2 Å². The Kier molecular flexibility index (Phi) is 16.0. The van der Waals surface area contributed by atoms with Crippen LogP contribution in [-0.2, 0) is 4.79 Å². The van der Waals surface area contributed by atoms with Gasteiger partial charge in [0.05, 0.1) is 0 Å². The van der Waals surface area contributed by atoms with Crippen molar-refractivity contribution < 1.29 is 32.4 Å². The van der Waals surface area contributed by atoms with E-state index < -0.39 is 7.12 Å². The van der Waals surface area contributed by atoms with Gasteiger partial charge >= 0.3 is 14.2 Å². The molecule has 4 N–H and O–H groups in total. The number of carbonyl (C=O) groups excluding carboxylic acids is 1. The summed E-state index contributed by atoms with van der Waals surface area (Å²) in [7, 11) is -1.84. The number of ketones is 1. The molecule has 56 heavy (non-hydrogen) atoms. The first-order valence-corrected chi connectivity index (χ1v) is 21.1. The van der Waals surface area contributed by atoms with Crippen LogP contribution in [0.25, 0.3) is 21.5 Å². The molecule has 1 saturated carbocycles. The van der Waals surface area contributed by atoms with E-state index >= 15 is 0 Å². The van der Waals surface area contributed by atoms with Crippen LogP contribution in [0.15, 0.2) is 79.5 Å². The number of aromatic nitrogens is 3. The van der Waals surface area contributed by atoms with Gasteiger partial charge in [-0.1, -0.05) is 6.07 Å². The lowest BCUT2D eigenvalue weighted by atomic mass is 9.81. The monoisotopic (exact) mass is 985 g/mol. The number of piperidine rings is 2. The zero-order chi connectivity index (χ0) is 39.4. The van der Waals surface area contributed by atoms with E-state index in [1.165, 1.54) is 38.2 Å². The molecule has 8 rings (SSSR count). The number of hydrogen-bond donors (Lipinski definition) is 4. The molecule has 2 aliphatic heterocycles. The Morgan fingerprint density at radius 2 is 1.45 bits per heavy atom. The van der Waals surface area contributed by atoms with E-state index in [4.69, 9.17) is 22.6 Å². The van der Waals surface area contributed by atoms with Gasteiger partial charge < -0.3 is 37.7 Å². The lowest BCUT2D eigenvalue weighted by Gasteiger charge is -2.32. The number of nitrogens with one attached hydrogen (secondary N) is 1. The average molecular weight is 985 g/mol. The summed E-state index contributed by atoms with van der Waals surface area (Å²) in [6.45, 7) is 5.61. The Balaban J connectivity index is 0.000000152. The van der Waals surface area contributed by atoms with Gasteiger partial charge in [-0.15, -0.1) is 0 Å². The summed E-state index contributed by atoms with van der Waals surface area (Å²) in [5.41, 5.74) is 1.64. The maximum atomic E-state index is 11.9. The third kappa shape index (κ3) is 11.5. The Morgan fingerprint density at radius 1 is 0.804 bits per heavy atom. The van der Waals surface area contributed by atoms with Crippen molar-refractivity contribution in [1.29, 1.82) is 0 Å². The normalized spacial score (nSPS) is 18.0. The van der Waals surface area contributed by atoms with Crippen LogP contribution in [0.2, 0.25) is 6.82 Å². The molecule has 5 heterocycles. The first kappa shape index (κ1) is 42.5. The van der Waals surface area contributed by atoms with Gasteiger partial charge in [0, 0.05) is 69.6 Å². The van der Waals surface area contributed by atoms with E-state index in [1.54, 1.807) is 23.0 Å². The highest BCUT2D eigenvalue weighted by molar-refractivity contribution is 14.1. The van der Waals surface area contributed by atoms with Gasteiger partial charge in [-0.25, -0.2) is 4.98 Å². The topological polar surface area (TPSA) is 159 Å². The van der Waals surface area contributed by atoms with E-state index in [9.17, 15) is 9.82 Å². The predicted molar refractivity (Wildman–Crippen MR) is 237 cm³/mol. The van der Waals surface area contributed by atoms with Crippen molar-refractivity contribution in [3.63, 3.8) is 0 Å². The number of pyridine rings is 3. The molecule has 2 saturated heterocycles. The van der Waals surface area contributed by atoms with Crippen LogP contribution in [0.4, 0.5) is 0 Å². The second kappa shape index (κ2) is 21.0. The largest absolute Gasteiger partial charge is 0.490 e. The van der Waals surface area contributed by atoms with Crippen molar-refractivity contribution in [2.75, 3.05) is 26.2 Å². The number of hydrogen-bond acceptors (Lipinski definition) is 12. The van der Waals surface area contributed by atoms with Crippen molar-refractivity contribution in [2.24, 2.45) is 0 Å². The van der Waals surface area contributed by atoms with Gasteiger partial charge in [0.25, 0.3) is 0 Å². The van der Waals surface area contributed by atoms with Gasteiger partial charge in [-0.05, 0) is 153 Å². The van der Waals surface area contributed by atoms with Crippen molar-refractivity contribution in [3.05, 3.63) is 88.6 Å².